The molecule has 1 aromatic heterocycles. The number of carboxylic acid groups (broad SMARTS) is 1. The Morgan fingerprint density at radius 1 is 1.44 bits per heavy atom. The molecule has 0 bridgehead atoms. The number of nitrogens with one attached hydrogen (secondary N) is 1. The number of aliphatic hydroxyl groups excluding tert-OH is 1. The second kappa shape index (κ2) is 6.20. The summed E-state index contributed by atoms with van der Waals surface area (Å²) < 4.78 is 1.76. The van der Waals surface area contributed by atoms with Gasteiger partial charge >= 0.3 is 5.97 Å². The number of aliphatic carboxylic acids is 1. The topological polar surface area (TPSA) is 91.6 Å². The van der Waals surface area contributed by atoms with Crippen molar-refractivity contribution in [3.63, 3.8) is 0 Å². The molecule has 1 heterocycles. The van der Waals surface area contributed by atoms with Crippen LogP contribution in [0.1, 0.15) is 36.8 Å². The molecule has 1 atom stereocenters. The van der Waals surface area contributed by atoms with E-state index in [-0.39, 0.29) is 19.1 Å². The van der Waals surface area contributed by atoms with Crippen LogP contribution in [0.5, 0.6) is 0 Å². The molecule has 0 aliphatic heterocycles. The van der Waals surface area contributed by atoms with Gasteiger partial charge in [0, 0.05) is 25.3 Å². The third-order valence-corrected chi connectivity index (χ3v) is 2.59. The summed E-state index contributed by atoms with van der Waals surface area (Å²) in [6.07, 6.45) is 1.75. The fourth-order valence-electron chi connectivity index (χ4n) is 1.66. The van der Waals surface area contributed by atoms with Crippen molar-refractivity contribution in [3.05, 3.63) is 24.0 Å². The van der Waals surface area contributed by atoms with Gasteiger partial charge in [0.05, 0.1) is 0 Å². The Hall–Kier alpha value is -1.82. The molecule has 6 nitrogen and oxygen atoms in total. The molecular formula is C12H18N2O4. The van der Waals surface area contributed by atoms with Crippen molar-refractivity contribution in [1.82, 2.24) is 9.88 Å². The van der Waals surface area contributed by atoms with Crippen LogP contribution < -0.4 is 5.32 Å². The molecule has 100 valence electrons. The number of carboxylic acids is 1. The lowest BCUT2D eigenvalue weighted by molar-refractivity contribution is -0.139. The molecule has 1 amide bonds. The number of amides is 1. The molecule has 0 unspecified atom stereocenters. The molecule has 1 aromatic rings. The predicted molar refractivity (Wildman–Crippen MR) is 65.4 cm³/mol. The highest BCUT2D eigenvalue weighted by molar-refractivity contribution is 5.95. The Balaban J connectivity index is 2.80. The second-order valence-corrected chi connectivity index (χ2v) is 4.27. The van der Waals surface area contributed by atoms with Gasteiger partial charge < -0.3 is 20.1 Å². The molecule has 6 heteroatoms. The SMILES string of the molecule is CC(C)n1cccc1C(=O)N[C@@H](CCO)C(=O)O. The van der Waals surface area contributed by atoms with Crippen LogP contribution in [0.3, 0.4) is 0 Å². The molecule has 18 heavy (non-hydrogen) atoms. The lowest BCUT2D eigenvalue weighted by Gasteiger charge is -2.16. The Morgan fingerprint density at radius 2 is 2.11 bits per heavy atom. The fourth-order valence-corrected chi connectivity index (χ4v) is 1.66. The number of hydrogen-bond acceptors (Lipinski definition) is 3. The highest BCUT2D eigenvalue weighted by Crippen LogP contribution is 2.11. The molecule has 0 aromatic carbocycles. The van der Waals surface area contributed by atoms with Crippen LogP contribution in [0.2, 0.25) is 0 Å². The number of aromatic nitrogens is 1. The van der Waals surface area contributed by atoms with Gasteiger partial charge in [-0.25, -0.2) is 4.79 Å². The van der Waals surface area contributed by atoms with Crippen molar-refractivity contribution in [2.24, 2.45) is 0 Å². The quantitative estimate of drug-likeness (QED) is 0.694. The normalized spacial score (nSPS) is 12.4. The van der Waals surface area contributed by atoms with Crippen LogP contribution >= 0.6 is 0 Å². The van der Waals surface area contributed by atoms with E-state index in [2.05, 4.69) is 5.32 Å². The van der Waals surface area contributed by atoms with E-state index in [1.807, 2.05) is 13.8 Å². The van der Waals surface area contributed by atoms with E-state index in [4.69, 9.17) is 10.2 Å². The molecule has 0 aliphatic carbocycles. The average Bonchev–Trinajstić information content (AvgIpc) is 2.77. The fraction of sp³-hybridized carbons (Fsp3) is 0.500. The largest absolute Gasteiger partial charge is 0.480 e. The van der Waals surface area contributed by atoms with Gasteiger partial charge in [0.25, 0.3) is 5.91 Å². The number of nitrogens with zero attached hydrogens (tertiary/aromatic N) is 1. The van der Waals surface area contributed by atoms with Crippen LogP contribution in [0, 0.1) is 0 Å². The zero-order chi connectivity index (χ0) is 13.7. The first kappa shape index (κ1) is 14.2. The number of aliphatic hydroxyl groups is 1. The summed E-state index contributed by atoms with van der Waals surface area (Å²) >= 11 is 0. The standard InChI is InChI=1S/C12H18N2O4/c1-8(2)14-6-3-4-10(14)11(16)13-9(5-7-15)12(17)18/h3-4,6,8-9,15H,5,7H2,1-2H3,(H,13,16)(H,17,18)/t9-/m0/s1. The second-order valence-electron chi connectivity index (χ2n) is 4.27. The Morgan fingerprint density at radius 3 is 2.61 bits per heavy atom. The number of carbonyl (C=O) groups excluding carboxylic acids is 1. The van der Waals surface area contributed by atoms with Gasteiger partial charge in [-0.3, -0.25) is 4.79 Å². The molecule has 0 fully saturated rings. The van der Waals surface area contributed by atoms with Gasteiger partial charge in [-0.05, 0) is 26.0 Å². The molecule has 0 saturated heterocycles. The number of carbonyl (C=O) groups is 2. The minimum Gasteiger partial charge on any atom is -0.480 e. The van der Waals surface area contributed by atoms with Gasteiger partial charge in [0.2, 0.25) is 0 Å². The molecular weight excluding hydrogens is 236 g/mol. The number of hydrogen-bond donors (Lipinski definition) is 3. The first-order valence-electron chi connectivity index (χ1n) is 5.78. The lowest BCUT2D eigenvalue weighted by atomic mass is 10.2. The predicted octanol–water partition coefficient (Wildman–Crippen LogP) is 0.634. The molecule has 1 rings (SSSR count). The minimum absolute atomic E-state index is 0.0105. The van der Waals surface area contributed by atoms with Gasteiger partial charge in [-0.2, -0.15) is 0 Å². The van der Waals surface area contributed by atoms with Gasteiger partial charge in [0.1, 0.15) is 11.7 Å². The summed E-state index contributed by atoms with van der Waals surface area (Å²) in [5.74, 6) is -1.60. The van der Waals surface area contributed by atoms with Crippen LogP contribution in [-0.4, -0.2) is 39.3 Å². The van der Waals surface area contributed by atoms with Gasteiger partial charge in [0.15, 0.2) is 0 Å². The Bertz CT molecular complexity index is 425. The maximum absolute atomic E-state index is 11.9. The van der Waals surface area contributed by atoms with Crippen molar-refractivity contribution in [2.75, 3.05) is 6.61 Å². The molecule has 0 radical (unpaired) electrons. The monoisotopic (exact) mass is 254 g/mol. The van der Waals surface area contributed by atoms with E-state index in [9.17, 15) is 9.59 Å². The Kier molecular flexibility index (Phi) is 4.91. The lowest BCUT2D eigenvalue weighted by Crippen LogP contribution is -2.42. The van der Waals surface area contributed by atoms with Gasteiger partial charge in [-0.1, -0.05) is 0 Å². The summed E-state index contributed by atoms with van der Waals surface area (Å²) in [4.78, 5) is 22.8. The average molecular weight is 254 g/mol. The third kappa shape index (κ3) is 3.33. The summed E-state index contributed by atoms with van der Waals surface area (Å²) in [5.41, 5.74) is 0.411. The van der Waals surface area contributed by atoms with E-state index in [1.165, 1.54) is 0 Å². The summed E-state index contributed by atoms with van der Waals surface area (Å²) in [7, 11) is 0. The van der Waals surface area contributed by atoms with Crippen molar-refractivity contribution < 1.29 is 19.8 Å². The number of rotatable bonds is 6. The van der Waals surface area contributed by atoms with Crippen molar-refractivity contribution >= 4 is 11.9 Å². The molecule has 0 aliphatic rings. The highest BCUT2D eigenvalue weighted by Gasteiger charge is 2.21. The summed E-state index contributed by atoms with van der Waals surface area (Å²) in [6.45, 7) is 3.57. The van der Waals surface area contributed by atoms with Crippen LogP contribution in [0.4, 0.5) is 0 Å². The van der Waals surface area contributed by atoms with E-state index in [0.29, 0.717) is 5.69 Å². The van der Waals surface area contributed by atoms with Crippen LogP contribution in [0.15, 0.2) is 18.3 Å². The van der Waals surface area contributed by atoms with Crippen LogP contribution in [-0.2, 0) is 4.79 Å². The minimum atomic E-state index is -1.15. The van der Waals surface area contributed by atoms with Gasteiger partial charge in [-0.15, -0.1) is 0 Å². The van der Waals surface area contributed by atoms with E-state index < -0.39 is 17.9 Å². The summed E-state index contributed by atoms with van der Waals surface area (Å²) in [6, 6.07) is 2.41. The van der Waals surface area contributed by atoms with Crippen molar-refractivity contribution in [1.29, 1.82) is 0 Å². The third-order valence-electron chi connectivity index (χ3n) is 2.59. The molecule has 0 spiro atoms. The van der Waals surface area contributed by atoms with E-state index in [0.717, 1.165) is 0 Å². The van der Waals surface area contributed by atoms with E-state index >= 15 is 0 Å². The maximum atomic E-state index is 11.9. The zero-order valence-electron chi connectivity index (χ0n) is 10.5. The van der Waals surface area contributed by atoms with Crippen LogP contribution in [0.25, 0.3) is 0 Å². The maximum Gasteiger partial charge on any atom is 0.326 e. The smallest absolute Gasteiger partial charge is 0.326 e. The first-order chi connectivity index (χ1) is 8.47. The van der Waals surface area contributed by atoms with Crippen molar-refractivity contribution in [3.8, 4) is 0 Å². The first-order valence-corrected chi connectivity index (χ1v) is 5.78. The highest BCUT2D eigenvalue weighted by atomic mass is 16.4. The molecule has 0 saturated carbocycles. The Labute approximate surface area is 105 Å². The van der Waals surface area contributed by atoms with Crippen molar-refractivity contribution in [2.45, 2.75) is 32.4 Å². The summed E-state index contributed by atoms with van der Waals surface area (Å²) in [5, 5.41) is 20.0. The van der Waals surface area contributed by atoms with E-state index in [1.54, 1.807) is 22.9 Å². The zero-order valence-corrected chi connectivity index (χ0v) is 10.5. The molecule has 3 N–H and O–H groups in total.